The number of pyridine rings is 1. The second-order valence-electron chi connectivity index (χ2n) is 10.0. The number of ether oxygens (including phenoxy) is 3. The molecule has 2 fully saturated rings. The highest BCUT2D eigenvalue weighted by molar-refractivity contribution is 5.90. The SMILES string of the molecule is CCOC1=CC(F)(CN2CCC3(CC2)CN(c2ccc(O)nc2)C(=O)O3)CC(OCC)=C1c1ccccc1. The third kappa shape index (κ3) is 5.34. The number of aromatic nitrogens is 1. The van der Waals surface area contributed by atoms with E-state index in [2.05, 4.69) is 9.88 Å². The second-order valence-corrected chi connectivity index (χ2v) is 10.0. The van der Waals surface area contributed by atoms with Crippen molar-refractivity contribution in [2.45, 2.75) is 44.4 Å². The number of carbonyl (C=O) groups excluding carboxylic acids is 1. The third-order valence-corrected chi connectivity index (χ3v) is 7.32. The number of anilines is 1. The van der Waals surface area contributed by atoms with Crippen molar-refractivity contribution < 1.29 is 28.5 Å². The van der Waals surface area contributed by atoms with Gasteiger partial charge in [-0.05, 0) is 31.6 Å². The molecule has 2 aromatic rings. The molecular weight excluding hydrogens is 489 g/mol. The van der Waals surface area contributed by atoms with Crippen LogP contribution in [0.25, 0.3) is 5.57 Å². The number of rotatable bonds is 8. The average Bonchev–Trinajstić information content (AvgIpc) is 3.22. The lowest BCUT2D eigenvalue weighted by molar-refractivity contribution is -0.0112. The molecular formula is C29H34FN3O5. The smallest absolute Gasteiger partial charge is 0.415 e. The first kappa shape index (κ1) is 26.0. The maximum absolute atomic E-state index is 16.5. The fourth-order valence-electron chi connectivity index (χ4n) is 5.54. The van der Waals surface area contributed by atoms with Crippen LogP contribution in [0, 0.1) is 0 Å². The molecule has 3 aliphatic rings. The van der Waals surface area contributed by atoms with Crippen molar-refractivity contribution >= 4 is 17.4 Å². The second kappa shape index (κ2) is 10.6. The van der Waals surface area contributed by atoms with Gasteiger partial charge in [0.2, 0.25) is 5.88 Å². The fraction of sp³-hybridized carbons (Fsp3) is 0.448. The summed E-state index contributed by atoms with van der Waals surface area (Å²) in [7, 11) is 0. The van der Waals surface area contributed by atoms with Crippen LogP contribution in [0.4, 0.5) is 14.9 Å². The lowest BCUT2D eigenvalue weighted by Crippen LogP contribution is -2.50. The Balaban J connectivity index is 1.29. The summed E-state index contributed by atoms with van der Waals surface area (Å²) in [6, 6.07) is 12.9. The highest BCUT2D eigenvalue weighted by Gasteiger charge is 2.49. The third-order valence-electron chi connectivity index (χ3n) is 7.32. The van der Waals surface area contributed by atoms with Gasteiger partial charge in [-0.1, -0.05) is 30.3 Å². The monoisotopic (exact) mass is 523 g/mol. The standard InChI is InChI=1S/C29H34FN3O5/c1-3-36-23-16-28(30,17-24(37-4-2)26(23)21-8-6-5-7-9-21)19-32-14-12-29(13-15-32)20-33(27(35)38-29)22-10-11-25(34)31-18-22/h5-11,16,18H,3-4,12-15,17,19-20H2,1-2H3,(H,31,34). The number of likely N-dealkylation sites (tertiary alicyclic amines) is 1. The number of carbonyl (C=O) groups is 1. The zero-order valence-electron chi connectivity index (χ0n) is 21.9. The summed E-state index contributed by atoms with van der Waals surface area (Å²) in [4.78, 5) is 20.1. The van der Waals surface area contributed by atoms with Gasteiger partial charge in [-0.15, -0.1) is 0 Å². The van der Waals surface area contributed by atoms with Crippen LogP contribution < -0.4 is 4.90 Å². The number of hydrogen-bond donors (Lipinski definition) is 1. The summed E-state index contributed by atoms with van der Waals surface area (Å²) in [6.07, 6.45) is 3.96. The molecule has 202 valence electrons. The Morgan fingerprint density at radius 1 is 1.08 bits per heavy atom. The molecule has 2 aliphatic heterocycles. The average molecular weight is 524 g/mol. The van der Waals surface area contributed by atoms with Gasteiger partial charge in [0.05, 0.1) is 37.2 Å². The lowest BCUT2D eigenvalue weighted by Gasteiger charge is -2.40. The first-order chi connectivity index (χ1) is 18.3. The molecule has 0 saturated carbocycles. The molecule has 1 N–H and O–H groups in total. The molecule has 38 heavy (non-hydrogen) atoms. The van der Waals surface area contributed by atoms with Crippen molar-refractivity contribution in [2.24, 2.45) is 0 Å². The summed E-state index contributed by atoms with van der Waals surface area (Å²) in [5.74, 6) is 1.00. The molecule has 1 spiro atoms. The number of nitrogens with zero attached hydrogens (tertiary/aromatic N) is 3. The fourth-order valence-corrected chi connectivity index (χ4v) is 5.54. The molecule has 5 rings (SSSR count). The minimum absolute atomic E-state index is 0.105. The Kier molecular flexibility index (Phi) is 7.29. The predicted octanol–water partition coefficient (Wildman–Crippen LogP) is 5.06. The minimum Gasteiger partial charge on any atom is -0.497 e. The summed E-state index contributed by atoms with van der Waals surface area (Å²) in [6.45, 7) is 6.43. The molecule has 1 unspecified atom stereocenters. The van der Waals surface area contributed by atoms with Crippen molar-refractivity contribution in [1.29, 1.82) is 0 Å². The highest BCUT2D eigenvalue weighted by Crippen LogP contribution is 2.42. The van der Waals surface area contributed by atoms with Gasteiger partial charge in [-0.3, -0.25) is 9.80 Å². The van der Waals surface area contributed by atoms with E-state index >= 15 is 4.39 Å². The van der Waals surface area contributed by atoms with E-state index in [1.807, 2.05) is 44.2 Å². The van der Waals surface area contributed by atoms with E-state index in [1.165, 1.54) is 12.3 Å². The predicted molar refractivity (Wildman–Crippen MR) is 141 cm³/mol. The molecule has 2 saturated heterocycles. The van der Waals surface area contributed by atoms with Crippen molar-refractivity contribution in [2.75, 3.05) is 44.3 Å². The molecule has 1 atom stereocenters. The van der Waals surface area contributed by atoms with Crippen molar-refractivity contribution in [3.8, 4) is 5.88 Å². The first-order valence-corrected chi connectivity index (χ1v) is 13.2. The van der Waals surface area contributed by atoms with E-state index in [1.54, 1.807) is 17.0 Å². The molecule has 1 aliphatic carbocycles. The summed E-state index contributed by atoms with van der Waals surface area (Å²) < 4.78 is 34.3. The van der Waals surface area contributed by atoms with E-state index in [0.717, 1.165) is 11.1 Å². The van der Waals surface area contributed by atoms with E-state index in [4.69, 9.17) is 14.2 Å². The maximum atomic E-state index is 16.5. The number of aromatic hydroxyl groups is 1. The van der Waals surface area contributed by atoms with Crippen LogP contribution in [0.15, 0.2) is 66.3 Å². The molecule has 3 heterocycles. The van der Waals surface area contributed by atoms with Gasteiger partial charge >= 0.3 is 6.09 Å². The van der Waals surface area contributed by atoms with Gasteiger partial charge in [0.25, 0.3) is 0 Å². The number of amides is 1. The number of allylic oxidation sites excluding steroid dienone is 2. The summed E-state index contributed by atoms with van der Waals surface area (Å²) in [5, 5.41) is 9.45. The van der Waals surface area contributed by atoms with Crippen LogP contribution in [-0.2, 0) is 14.2 Å². The zero-order valence-corrected chi connectivity index (χ0v) is 21.9. The number of halogens is 1. The maximum Gasteiger partial charge on any atom is 0.415 e. The highest BCUT2D eigenvalue weighted by atomic mass is 19.1. The van der Waals surface area contributed by atoms with E-state index in [0.29, 0.717) is 62.9 Å². The Bertz CT molecular complexity index is 1210. The molecule has 0 bridgehead atoms. The largest absolute Gasteiger partial charge is 0.497 e. The Morgan fingerprint density at radius 2 is 1.82 bits per heavy atom. The van der Waals surface area contributed by atoms with Crippen molar-refractivity contribution in [3.05, 3.63) is 71.8 Å². The number of benzene rings is 1. The van der Waals surface area contributed by atoms with Crippen LogP contribution in [0.5, 0.6) is 5.88 Å². The normalized spacial score (nSPS) is 23.4. The van der Waals surface area contributed by atoms with Gasteiger partial charge in [-0.25, -0.2) is 14.2 Å². The van der Waals surface area contributed by atoms with Crippen LogP contribution in [0.2, 0.25) is 0 Å². The number of alkyl halides is 1. The van der Waals surface area contributed by atoms with Crippen LogP contribution >= 0.6 is 0 Å². The quantitative estimate of drug-likeness (QED) is 0.518. The van der Waals surface area contributed by atoms with Gasteiger partial charge in [-0.2, -0.15) is 0 Å². The van der Waals surface area contributed by atoms with Crippen LogP contribution in [0.1, 0.15) is 38.7 Å². The molecule has 1 aromatic carbocycles. The Hall–Kier alpha value is -3.59. The van der Waals surface area contributed by atoms with E-state index in [-0.39, 0.29) is 18.8 Å². The summed E-state index contributed by atoms with van der Waals surface area (Å²) in [5.41, 5.74) is 0.0458. The topological polar surface area (TPSA) is 84.4 Å². The van der Waals surface area contributed by atoms with Gasteiger partial charge in [0.1, 0.15) is 17.1 Å². The van der Waals surface area contributed by atoms with Crippen LogP contribution in [-0.4, -0.2) is 71.7 Å². The van der Waals surface area contributed by atoms with E-state index < -0.39 is 17.4 Å². The van der Waals surface area contributed by atoms with Gasteiger partial charge < -0.3 is 19.3 Å². The first-order valence-electron chi connectivity index (χ1n) is 13.2. The van der Waals surface area contributed by atoms with Crippen molar-refractivity contribution in [1.82, 2.24) is 9.88 Å². The zero-order chi connectivity index (χ0) is 26.8. The van der Waals surface area contributed by atoms with Crippen molar-refractivity contribution in [3.63, 3.8) is 0 Å². The molecule has 1 aromatic heterocycles. The molecule has 0 radical (unpaired) electrons. The van der Waals surface area contributed by atoms with Crippen LogP contribution in [0.3, 0.4) is 0 Å². The lowest BCUT2D eigenvalue weighted by atomic mass is 9.85. The number of piperidine rings is 1. The van der Waals surface area contributed by atoms with E-state index in [9.17, 15) is 9.90 Å². The molecule has 8 nitrogen and oxygen atoms in total. The molecule has 9 heteroatoms. The number of hydrogen-bond acceptors (Lipinski definition) is 7. The Labute approximate surface area is 222 Å². The van der Waals surface area contributed by atoms with Gasteiger partial charge in [0, 0.05) is 45.0 Å². The summed E-state index contributed by atoms with van der Waals surface area (Å²) >= 11 is 0. The van der Waals surface area contributed by atoms with Gasteiger partial charge in [0.15, 0.2) is 5.67 Å². The minimum atomic E-state index is -1.66. The Morgan fingerprint density at radius 3 is 2.47 bits per heavy atom. The molecule has 1 amide bonds.